The Hall–Kier alpha value is -5.06. The van der Waals surface area contributed by atoms with E-state index in [9.17, 15) is 27.2 Å². The minimum absolute atomic E-state index is 0.0311. The van der Waals surface area contributed by atoms with Gasteiger partial charge in [-0.15, -0.1) is 0 Å². The normalized spacial score (nSPS) is 16.2. The van der Waals surface area contributed by atoms with Crippen LogP contribution in [0, 0.1) is 11.2 Å². The van der Waals surface area contributed by atoms with Crippen LogP contribution < -0.4 is 11.1 Å². The summed E-state index contributed by atoms with van der Waals surface area (Å²) in [7, 11) is 1.66. The standard InChI is InChI=1S/C33H35ClF5N9O3/c1-32(2,3)10-11-41-30(40)47(29(49)19-5-7-20(22(35)13-19)23-9-12-46(4)45-23)25(16-51-31(50)44-26-15-33(26,38)39)18-6-8-21(34)24(14-18)48-28(27(36)37)42-17-43-48/h5-9,12-14,17,25-27H,10-11,15-16H2,1-4H3,(H2,40,41)(H,44,50)/t25-,26+/m1/s1. The summed E-state index contributed by atoms with van der Waals surface area (Å²) in [5.74, 6) is -5.84. The molecule has 2 aromatic heterocycles. The third-order valence-corrected chi connectivity index (χ3v) is 8.28. The van der Waals surface area contributed by atoms with Crippen LogP contribution in [0.3, 0.4) is 0 Å². The number of carbonyl (C=O) groups is 2. The summed E-state index contributed by atoms with van der Waals surface area (Å²) < 4.78 is 77.9. The van der Waals surface area contributed by atoms with Crippen molar-refractivity contribution in [3.8, 4) is 16.9 Å². The number of aromatic nitrogens is 5. The van der Waals surface area contributed by atoms with Gasteiger partial charge in [0, 0.05) is 37.3 Å². The second-order valence-electron chi connectivity index (χ2n) is 13.1. The summed E-state index contributed by atoms with van der Waals surface area (Å²) in [4.78, 5) is 36.0. The van der Waals surface area contributed by atoms with Gasteiger partial charge in [-0.25, -0.2) is 36.4 Å². The first-order chi connectivity index (χ1) is 23.9. The van der Waals surface area contributed by atoms with Gasteiger partial charge < -0.3 is 15.8 Å². The van der Waals surface area contributed by atoms with E-state index in [2.05, 4.69) is 25.5 Å². The van der Waals surface area contributed by atoms with Crippen molar-refractivity contribution in [3.05, 3.63) is 82.8 Å². The van der Waals surface area contributed by atoms with Gasteiger partial charge in [0.2, 0.25) is 0 Å². The van der Waals surface area contributed by atoms with E-state index in [0.29, 0.717) is 12.1 Å². The zero-order chi connectivity index (χ0) is 37.2. The van der Waals surface area contributed by atoms with Crippen molar-refractivity contribution < 1.29 is 36.3 Å². The van der Waals surface area contributed by atoms with Crippen LogP contribution in [0.2, 0.25) is 5.02 Å². The molecular weight excluding hydrogens is 701 g/mol. The summed E-state index contributed by atoms with van der Waals surface area (Å²) in [5, 5.41) is 10.1. The van der Waals surface area contributed by atoms with Gasteiger partial charge in [-0.1, -0.05) is 38.4 Å². The Labute approximate surface area is 294 Å². The van der Waals surface area contributed by atoms with Crippen LogP contribution in [0.15, 0.2) is 60.0 Å². The molecule has 0 saturated heterocycles. The molecule has 0 unspecified atom stereocenters. The second kappa shape index (κ2) is 14.7. The molecule has 1 aliphatic rings. The molecule has 12 nitrogen and oxygen atoms in total. The highest BCUT2D eigenvalue weighted by molar-refractivity contribution is 6.32. The van der Waals surface area contributed by atoms with Gasteiger partial charge in [-0.3, -0.25) is 19.4 Å². The fourth-order valence-electron chi connectivity index (χ4n) is 5.05. The molecule has 0 radical (unpaired) electrons. The molecule has 3 N–H and O–H groups in total. The first kappa shape index (κ1) is 37.2. The quantitative estimate of drug-likeness (QED) is 0.102. The maximum Gasteiger partial charge on any atom is 0.407 e. The van der Waals surface area contributed by atoms with Crippen LogP contribution in [0.5, 0.6) is 0 Å². The van der Waals surface area contributed by atoms with Crippen molar-refractivity contribution >= 4 is 29.6 Å². The highest BCUT2D eigenvalue weighted by atomic mass is 35.5. The van der Waals surface area contributed by atoms with Gasteiger partial charge >= 0.3 is 6.09 Å². The zero-order valence-electron chi connectivity index (χ0n) is 28.0. The first-order valence-corrected chi connectivity index (χ1v) is 16.0. The smallest absolute Gasteiger partial charge is 0.407 e. The van der Waals surface area contributed by atoms with E-state index in [-0.39, 0.29) is 45.3 Å². The number of aliphatic imine (C=N–C) groups is 1. The van der Waals surface area contributed by atoms with Crippen LogP contribution in [-0.2, 0) is 11.8 Å². The number of halogens is 6. The lowest BCUT2D eigenvalue weighted by Crippen LogP contribution is -2.47. The van der Waals surface area contributed by atoms with E-state index < -0.39 is 61.1 Å². The second-order valence-corrected chi connectivity index (χ2v) is 13.5. The number of nitrogens with two attached hydrogens (primary N) is 1. The summed E-state index contributed by atoms with van der Waals surface area (Å²) in [5.41, 5.74) is 6.61. The van der Waals surface area contributed by atoms with Crippen LogP contribution in [0.1, 0.15) is 67.8 Å². The molecule has 2 heterocycles. The van der Waals surface area contributed by atoms with Gasteiger partial charge in [-0.05, 0) is 53.8 Å². The van der Waals surface area contributed by atoms with E-state index in [0.717, 1.165) is 22.0 Å². The molecule has 0 bridgehead atoms. The van der Waals surface area contributed by atoms with Crippen molar-refractivity contribution in [1.82, 2.24) is 34.8 Å². The summed E-state index contributed by atoms with van der Waals surface area (Å²) in [6, 6.07) is 6.52. The Kier molecular flexibility index (Phi) is 10.7. The molecule has 1 saturated carbocycles. The Balaban J connectivity index is 1.59. The molecule has 4 aromatic rings. The van der Waals surface area contributed by atoms with Crippen molar-refractivity contribution in [2.24, 2.45) is 23.2 Å². The fraction of sp³-hybridized carbons (Fsp3) is 0.394. The van der Waals surface area contributed by atoms with E-state index in [1.807, 2.05) is 20.8 Å². The molecule has 0 aliphatic heterocycles. The maximum absolute atomic E-state index is 15.5. The maximum atomic E-state index is 15.5. The number of benzene rings is 2. The van der Waals surface area contributed by atoms with E-state index >= 15 is 4.39 Å². The van der Waals surface area contributed by atoms with Gasteiger partial charge in [0.1, 0.15) is 24.8 Å². The SMILES string of the molecule is Cn1ccc(-c2ccc(C(=O)N(C(N)=NCCC(C)(C)C)[C@H](COC(=O)N[C@H]3CC3(F)F)c3ccc(Cl)c(-n4ncnc4C(F)F)c3)cc2F)n1. The summed E-state index contributed by atoms with van der Waals surface area (Å²) in [6.45, 7) is 5.37. The van der Waals surface area contributed by atoms with E-state index in [4.69, 9.17) is 22.1 Å². The lowest BCUT2D eigenvalue weighted by Gasteiger charge is -2.32. The molecule has 2 aromatic carbocycles. The van der Waals surface area contributed by atoms with Crippen LogP contribution in [0.25, 0.3) is 16.9 Å². The van der Waals surface area contributed by atoms with Crippen LogP contribution in [-0.4, -0.2) is 72.5 Å². The molecule has 2 atom stereocenters. The number of alkyl carbamates (subject to hydrolysis) is 1. The van der Waals surface area contributed by atoms with Gasteiger partial charge in [0.25, 0.3) is 18.3 Å². The van der Waals surface area contributed by atoms with Crippen LogP contribution >= 0.6 is 11.6 Å². The van der Waals surface area contributed by atoms with E-state index in [1.165, 1.54) is 35.0 Å². The highest BCUT2D eigenvalue weighted by Crippen LogP contribution is 2.41. The predicted molar refractivity (Wildman–Crippen MR) is 177 cm³/mol. The predicted octanol–water partition coefficient (Wildman–Crippen LogP) is 6.47. The number of carbonyl (C=O) groups excluding carboxylic acids is 2. The molecule has 0 spiro atoms. The molecule has 1 aliphatic carbocycles. The van der Waals surface area contributed by atoms with Crippen molar-refractivity contribution in [1.29, 1.82) is 0 Å². The number of hydrogen-bond donors (Lipinski definition) is 2. The van der Waals surface area contributed by atoms with E-state index in [1.54, 1.807) is 19.3 Å². The minimum atomic E-state index is -3.10. The Morgan fingerprint density at radius 3 is 2.53 bits per heavy atom. The van der Waals surface area contributed by atoms with Crippen molar-refractivity contribution in [2.45, 2.75) is 58.0 Å². The van der Waals surface area contributed by atoms with Gasteiger partial charge in [-0.2, -0.15) is 10.2 Å². The Morgan fingerprint density at radius 1 is 1.20 bits per heavy atom. The number of nitrogens with one attached hydrogen (secondary N) is 1. The number of nitrogens with zero attached hydrogens (tertiary/aromatic N) is 7. The number of aryl methyl sites for hydroxylation is 1. The van der Waals surface area contributed by atoms with Crippen LogP contribution in [0.4, 0.5) is 26.7 Å². The number of guanidine groups is 1. The molecule has 2 amide bonds. The number of hydrogen-bond acceptors (Lipinski definition) is 7. The van der Waals surface area contributed by atoms with Crippen molar-refractivity contribution in [3.63, 3.8) is 0 Å². The molecule has 51 heavy (non-hydrogen) atoms. The van der Waals surface area contributed by atoms with Gasteiger partial charge in [0.15, 0.2) is 11.8 Å². The molecule has 1 fully saturated rings. The number of rotatable bonds is 11. The highest BCUT2D eigenvalue weighted by Gasteiger charge is 2.58. The zero-order valence-corrected chi connectivity index (χ0v) is 28.7. The Bertz CT molecular complexity index is 1940. The Morgan fingerprint density at radius 2 is 1.92 bits per heavy atom. The molecule has 5 rings (SSSR count). The molecule has 272 valence electrons. The largest absolute Gasteiger partial charge is 0.447 e. The molecule has 18 heteroatoms. The first-order valence-electron chi connectivity index (χ1n) is 15.7. The number of ether oxygens (including phenoxy) is 1. The lowest BCUT2D eigenvalue weighted by atomic mass is 9.92. The third-order valence-electron chi connectivity index (χ3n) is 7.96. The molecular formula is C33H35ClF5N9O3. The third kappa shape index (κ3) is 8.82. The average molecular weight is 736 g/mol. The van der Waals surface area contributed by atoms with Gasteiger partial charge in [0.05, 0.1) is 22.4 Å². The summed E-state index contributed by atoms with van der Waals surface area (Å²) >= 11 is 6.41. The number of amides is 2. The summed E-state index contributed by atoms with van der Waals surface area (Å²) in [6.07, 6.45) is -1.76. The average Bonchev–Trinajstić information content (AvgIpc) is 3.39. The minimum Gasteiger partial charge on any atom is -0.447 e. The monoisotopic (exact) mass is 735 g/mol. The lowest BCUT2D eigenvalue weighted by molar-refractivity contribution is 0.0686. The van der Waals surface area contributed by atoms with Crippen molar-refractivity contribution in [2.75, 3.05) is 13.2 Å². The topological polar surface area (TPSA) is 146 Å². The fourth-order valence-corrected chi connectivity index (χ4v) is 5.25. The number of alkyl halides is 4.